The van der Waals surface area contributed by atoms with Gasteiger partial charge in [0.15, 0.2) is 0 Å². The van der Waals surface area contributed by atoms with Crippen LogP contribution in [0, 0.1) is 22.7 Å². The van der Waals surface area contributed by atoms with Crippen molar-refractivity contribution in [1.82, 2.24) is 4.90 Å². The largest absolute Gasteiger partial charge is 0.493 e. The van der Waals surface area contributed by atoms with E-state index >= 15 is 0 Å². The predicted octanol–water partition coefficient (Wildman–Crippen LogP) is 16.1. The Bertz CT molecular complexity index is 1310. The molecule has 61 heavy (non-hydrogen) atoms. The zero-order valence-corrected chi connectivity index (χ0v) is 39.6. The van der Waals surface area contributed by atoms with Gasteiger partial charge in [0.1, 0.15) is 34.8 Å². The number of ether oxygens (including phenoxy) is 4. The molecule has 0 saturated carbocycles. The van der Waals surface area contributed by atoms with Gasteiger partial charge >= 0.3 is 0 Å². The molecule has 2 aromatic rings. The minimum atomic E-state index is 0.308. The third kappa shape index (κ3) is 27.7. The number of nitriles is 2. The van der Waals surface area contributed by atoms with Crippen LogP contribution in [0.5, 0.6) is 23.0 Å². The van der Waals surface area contributed by atoms with Crippen LogP contribution in [0.4, 0.5) is 0 Å². The normalized spacial score (nSPS) is 11.3. The number of rotatable bonds is 41. The van der Waals surface area contributed by atoms with Gasteiger partial charge in [0.25, 0.3) is 0 Å². The minimum Gasteiger partial charge on any atom is -0.493 e. The van der Waals surface area contributed by atoms with E-state index in [1.54, 1.807) is 0 Å². The number of hydrogen-bond donors (Lipinski definition) is 0. The number of unbranched alkanes of at least 4 members (excludes halogenated alkanes) is 24. The van der Waals surface area contributed by atoms with E-state index in [-0.39, 0.29) is 0 Å². The molecule has 0 heterocycles. The van der Waals surface area contributed by atoms with E-state index in [9.17, 15) is 10.5 Å². The smallest absolute Gasteiger partial charge is 0.127 e. The highest BCUT2D eigenvalue weighted by Gasteiger charge is 2.16. The molecule has 0 aliphatic heterocycles. The first kappa shape index (κ1) is 53.3. The van der Waals surface area contributed by atoms with Gasteiger partial charge in [-0.1, -0.05) is 182 Å². The molecule has 0 fully saturated rings. The van der Waals surface area contributed by atoms with E-state index in [1.807, 2.05) is 17.0 Å². The van der Waals surface area contributed by atoms with Gasteiger partial charge in [0.05, 0.1) is 38.6 Å². The van der Waals surface area contributed by atoms with Gasteiger partial charge in [-0.15, -0.1) is 0 Å². The number of hydrogen-bond acceptors (Lipinski definition) is 7. The van der Waals surface area contributed by atoms with Crippen LogP contribution in [0.15, 0.2) is 48.2 Å². The first-order valence-electron chi connectivity index (χ1n) is 25.1. The van der Waals surface area contributed by atoms with Gasteiger partial charge in [0, 0.05) is 25.2 Å². The van der Waals surface area contributed by atoms with Crippen molar-refractivity contribution < 1.29 is 18.9 Å². The van der Waals surface area contributed by atoms with E-state index in [0.717, 1.165) is 85.5 Å². The summed E-state index contributed by atoms with van der Waals surface area (Å²) in [6, 6.07) is 16.7. The first-order valence-corrected chi connectivity index (χ1v) is 25.1. The van der Waals surface area contributed by atoms with Crippen LogP contribution in [0.3, 0.4) is 0 Å². The maximum atomic E-state index is 10.3. The van der Waals surface area contributed by atoms with Crippen LogP contribution < -0.4 is 18.9 Å². The SMILES string of the molecule is CCCCCCCCCOc1cc(CN(Cc2cc(OCCCCCCCCC)cc(OCCCCCCCCC)c2)/C(C#N)=C/C#N)cc(OCCCCCCCCC)c1. The van der Waals surface area contributed by atoms with Crippen LogP contribution in [-0.2, 0) is 13.1 Å². The second kappa shape index (κ2) is 37.9. The van der Waals surface area contributed by atoms with E-state index < -0.39 is 0 Å². The predicted molar refractivity (Wildman–Crippen MR) is 255 cm³/mol. The zero-order chi connectivity index (χ0) is 43.9. The Balaban J connectivity index is 2.27. The zero-order valence-electron chi connectivity index (χ0n) is 39.6. The molecule has 0 aliphatic rings. The fourth-order valence-corrected chi connectivity index (χ4v) is 7.70. The Morgan fingerprint density at radius 1 is 0.410 bits per heavy atom. The van der Waals surface area contributed by atoms with Crippen molar-refractivity contribution in [3.05, 3.63) is 59.3 Å². The molecule has 342 valence electrons. The van der Waals surface area contributed by atoms with Crippen LogP contribution in [-0.4, -0.2) is 31.3 Å². The van der Waals surface area contributed by atoms with Gasteiger partial charge in [-0.3, -0.25) is 0 Å². The lowest BCUT2D eigenvalue weighted by atomic mass is 10.1. The number of allylic oxidation sites excluding steroid dienone is 2. The molecule has 0 bridgehead atoms. The Labute approximate surface area is 374 Å². The Morgan fingerprint density at radius 2 is 0.672 bits per heavy atom. The molecule has 0 spiro atoms. The summed E-state index contributed by atoms with van der Waals surface area (Å²) < 4.78 is 25.4. The van der Waals surface area contributed by atoms with Crippen molar-refractivity contribution in [3.63, 3.8) is 0 Å². The summed E-state index contributed by atoms with van der Waals surface area (Å²) >= 11 is 0. The first-order chi connectivity index (χ1) is 30.1. The van der Waals surface area contributed by atoms with Gasteiger partial charge in [-0.25, -0.2) is 0 Å². The number of benzene rings is 2. The molecule has 7 heteroatoms. The Kier molecular flexibility index (Phi) is 33.1. The molecule has 0 aliphatic carbocycles. The molecule has 2 rings (SSSR count). The molecule has 0 unspecified atom stereocenters. The highest BCUT2D eigenvalue weighted by Crippen LogP contribution is 2.29. The molecule has 0 saturated heterocycles. The third-order valence-electron chi connectivity index (χ3n) is 11.3. The van der Waals surface area contributed by atoms with Gasteiger partial charge < -0.3 is 23.8 Å². The second-order valence-corrected chi connectivity index (χ2v) is 17.1. The van der Waals surface area contributed by atoms with E-state index in [0.29, 0.717) is 45.2 Å². The topological polar surface area (TPSA) is 87.7 Å². The molecule has 0 N–H and O–H groups in total. The molecular weight excluding hydrogens is 755 g/mol. The molecule has 2 aromatic carbocycles. The van der Waals surface area contributed by atoms with Crippen LogP contribution in [0.1, 0.15) is 219 Å². The third-order valence-corrected chi connectivity index (χ3v) is 11.3. The van der Waals surface area contributed by atoms with Crippen molar-refractivity contribution in [2.24, 2.45) is 0 Å². The lowest BCUT2D eigenvalue weighted by Crippen LogP contribution is -2.22. The Morgan fingerprint density at radius 3 is 0.918 bits per heavy atom. The van der Waals surface area contributed by atoms with Crippen LogP contribution in [0.2, 0.25) is 0 Å². The second-order valence-electron chi connectivity index (χ2n) is 17.1. The molecule has 0 aromatic heterocycles. The molecule has 0 radical (unpaired) electrons. The van der Waals surface area contributed by atoms with Crippen LogP contribution >= 0.6 is 0 Å². The summed E-state index contributed by atoms with van der Waals surface area (Å²) in [4.78, 5) is 1.97. The van der Waals surface area contributed by atoms with Crippen molar-refractivity contribution in [3.8, 4) is 35.1 Å². The fourth-order valence-electron chi connectivity index (χ4n) is 7.70. The maximum absolute atomic E-state index is 10.3. The standard InChI is InChI=1S/C54H87N3O4/c1-5-9-13-17-21-25-29-35-58-51-39-48(40-52(43-51)59-36-30-26-22-18-14-10-6-2)46-57(50(45-56)33-34-55)47-49-41-53(60-37-31-27-23-19-15-11-7-3)44-54(42-49)61-38-32-28-24-20-16-12-8-4/h33,39-44H,5-32,35-38,46-47H2,1-4H3/b50-33+. The molecular formula is C54H87N3O4. The highest BCUT2D eigenvalue weighted by atomic mass is 16.5. The van der Waals surface area contributed by atoms with Crippen molar-refractivity contribution in [2.75, 3.05) is 26.4 Å². The van der Waals surface area contributed by atoms with Gasteiger partial charge in [0.2, 0.25) is 0 Å². The van der Waals surface area contributed by atoms with Gasteiger partial charge in [-0.2, -0.15) is 10.5 Å². The van der Waals surface area contributed by atoms with Crippen molar-refractivity contribution in [2.45, 2.75) is 221 Å². The van der Waals surface area contributed by atoms with E-state index in [4.69, 9.17) is 18.9 Å². The summed E-state index contributed by atoms with van der Waals surface area (Å²) in [5.41, 5.74) is 2.24. The van der Waals surface area contributed by atoms with E-state index in [2.05, 4.69) is 64.1 Å². The summed E-state index contributed by atoms with van der Waals surface area (Å²) in [7, 11) is 0. The lowest BCUT2D eigenvalue weighted by Gasteiger charge is -2.25. The summed E-state index contributed by atoms with van der Waals surface area (Å²) in [6.45, 7) is 12.4. The Hall–Kier alpha value is -3.84. The maximum Gasteiger partial charge on any atom is 0.127 e. The molecule has 0 amide bonds. The highest BCUT2D eigenvalue weighted by molar-refractivity contribution is 5.41. The monoisotopic (exact) mass is 842 g/mol. The average Bonchev–Trinajstić information content (AvgIpc) is 3.26. The van der Waals surface area contributed by atoms with Crippen molar-refractivity contribution in [1.29, 1.82) is 10.5 Å². The van der Waals surface area contributed by atoms with Crippen LogP contribution in [0.25, 0.3) is 0 Å². The number of nitrogens with zero attached hydrogens (tertiary/aromatic N) is 3. The fraction of sp³-hybridized carbons (Fsp3) is 0.704. The molecule has 7 nitrogen and oxygen atoms in total. The summed E-state index contributed by atoms with van der Waals surface area (Å²) in [5.74, 6) is 3.12. The lowest BCUT2D eigenvalue weighted by molar-refractivity contribution is 0.285. The molecule has 0 atom stereocenters. The van der Waals surface area contributed by atoms with E-state index in [1.165, 1.54) is 134 Å². The summed E-state index contributed by atoms with van der Waals surface area (Å²) in [6.07, 6.45) is 35.7. The quantitative estimate of drug-likeness (QED) is 0.0487. The summed E-state index contributed by atoms with van der Waals surface area (Å²) in [5, 5.41) is 20.1. The minimum absolute atomic E-state index is 0.308. The van der Waals surface area contributed by atoms with Crippen molar-refractivity contribution >= 4 is 0 Å². The van der Waals surface area contributed by atoms with Gasteiger partial charge in [-0.05, 0) is 61.1 Å². The average molecular weight is 842 g/mol.